The zero-order valence-electron chi connectivity index (χ0n) is 11.1. The van der Waals surface area contributed by atoms with Gasteiger partial charge in [-0.05, 0) is 38.5 Å². The number of amides is 1. The molecule has 0 bridgehead atoms. The van der Waals surface area contributed by atoms with E-state index < -0.39 is 11.7 Å². The molecule has 1 aliphatic rings. The fraction of sp³-hybridized carbons (Fsp3) is 0.429. The van der Waals surface area contributed by atoms with E-state index in [0.29, 0.717) is 5.56 Å². The Morgan fingerprint density at radius 3 is 2.74 bits per heavy atom. The minimum Gasteiger partial charge on any atom is -0.444 e. The van der Waals surface area contributed by atoms with E-state index in [1.807, 2.05) is 12.1 Å². The zero-order chi connectivity index (χ0) is 14.2. The van der Waals surface area contributed by atoms with E-state index in [1.165, 1.54) is 0 Å². The molecule has 0 fully saturated rings. The van der Waals surface area contributed by atoms with Crippen molar-refractivity contribution in [2.24, 2.45) is 0 Å². The molecule has 102 valence electrons. The highest BCUT2D eigenvalue weighted by Crippen LogP contribution is 2.33. The van der Waals surface area contributed by atoms with E-state index in [2.05, 4.69) is 21.2 Å². The molecule has 4 nitrogen and oxygen atoms in total. The zero-order valence-corrected chi connectivity index (χ0v) is 12.7. The molecule has 1 aliphatic carbocycles. The maximum atomic E-state index is 11.9. The molecule has 5 heteroatoms. The molecule has 0 spiro atoms. The Labute approximate surface area is 120 Å². The number of hydrogen-bond donors (Lipinski definition) is 1. The first-order valence-electron chi connectivity index (χ1n) is 6.08. The van der Waals surface area contributed by atoms with E-state index in [0.717, 1.165) is 10.0 Å². The van der Waals surface area contributed by atoms with Gasteiger partial charge in [-0.15, -0.1) is 0 Å². The summed E-state index contributed by atoms with van der Waals surface area (Å²) >= 11 is 3.34. The fourth-order valence-corrected chi connectivity index (χ4v) is 2.42. The van der Waals surface area contributed by atoms with Crippen molar-refractivity contribution in [2.45, 2.75) is 38.8 Å². The number of carbonyl (C=O) groups is 2. The number of ether oxygens (including phenoxy) is 1. The highest BCUT2D eigenvalue weighted by Gasteiger charge is 2.31. The van der Waals surface area contributed by atoms with Gasteiger partial charge in [0.1, 0.15) is 5.60 Å². The second kappa shape index (κ2) is 4.96. The van der Waals surface area contributed by atoms with Gasteiger partial charge >= 0.3 is 6.09 Å². The van der Waals surface area contributed by atoms with Gasteiger partial charge in [0.25, 0.3) is 0 Å². The second-order valence-corrected chi connectivity index (χ2v) is 6.47. The number of Topliss-reactive ketones (excluding diaryl/α,β-unsaturated/α-hetero) is 1. The lowest BCUT2D eigenvalue weighted by atomic mass is 10.1. The minimum atomic E-state index is -0.546. The van der Waals surface area contributed by atoms with Crippen LogP contribution < -0.4 is 5.32 Å². The monoisotopic (exact) mass is 325 g/mol. The lowest BCUT2D eigenvalue weighted by molar-refractivity contribution is 0.0504. The topological polar surface area (TPSA) is 55.4 Å². The summed E-state index contributed by atoms with van der Waals surface area (Å²) in [7, 11) is 0. The lowest BCUT2D eigenvalue weighted by Gasteiger charge is -2.21. The van der Waals surface area contributed by atoms with Crippen molar-refractivity contribution < 1.29 is 14.3 Å². The van der Waals surface area contributed by atoms with Crippen molar-refractivity contribution in [1.82, 2.24) is 5.32 Å². The number of ketones is 1. The average molecular weight is 326 g/mol. The molecule has 1 atom stereocenters. The first kappa shape index (κ1) is 14.1. The Morgan fingerprint density at radius 1 is 1.42 bits per heavy atom. The number of halogens is 1. The number of carbonyl (C=O) groups excluding carboxylic acids is 2. The van der Waals surface area contributed by atoms with Gasteiger partial charge in [-0.25, -0.2) is 4.79 Å². The molecular weight excluding hydrogens is 310 g/mol. The second-order valence-electron chi connectivity index (χ2n) is 5.56. The van der Waals surface area contributed by atoms with Gasteiger partial charge in [0.2, 0.25) is 0 Å². The molecule has 0 radical (unpaired) electrons. The number of nitrogens with one attached hydrogen (secondary N) is 1. The molecule has 1 unspecified atom stereocenters. The Hall–Kier alpha value is -1.36. The maximum absolute atomic E-state index is 11.9. The van der Waals surface area contributed by atoms with Crippen LogP contribution in [0.1, 0.15) is 49.2 Å². The van der Waals surface area contributed by atoms with Crippen LogP contribution in [0.4, 0.5) is 4.79 Å². The first-order valence-corrected chi connectivity index (χ1v) is 6.88. The summed E-state index contributed by atoms with van der Waals surface area (Å²) in [6, 6.07) is 5.20. The third kappa shape index (κ3) is 3.35. The van der Waals surface area contributed by atoms with Crippen LogP contribution in [-0.4, -0.2) is 17.5 Å². The van der Waals surface area contributed by atoms with Gasteiger partial charge in [0.15, 0.2) is 5.78 Å². The largest absolute Gasteiger partial charge is 0.444 e. The van der Waals surface area contributed by atoms with E-state index >= 15 is 0 Å². The van der Waals surface area contributed by atoms with Crippen molar-refractivity contribution >= 4 is 27.8 Å². The van der Waals surface area contributed by atoms with Gasteiger partial charge < -0.3 is 10.1 Å². The lowest BCUT2D eigenvalue weighted by Crippen LogP contribution is -2.34. The predicted octanol–water partition coefficient (Wildman–Crippen LogP) is 3.60. The van der Waals surface area contributed by atoms with Crippen LogP contribution in [0.15, 0.2) is 22.7 Å². The summed E-state index contributed by atoms with van der Waals surface area (Å²) in [5.74, 6) is 0.0392. The third-order valence-corrected chi connectivity index (χ3v) is 3.26. The molecule has 0 saturated carbocycles. The van der Waals surface area contributed by atoms with Crippen LogP contribution in [0.3, 0.4) is 0 Å². The number of rotatable bonds is 1. The summed E-state index contributed by atoms with van der Waals surface area (Å²) in [4.78, 5) is 23.6. The predicted molar refractivity (Wildman–Crippen MR) is 75.2 cm³/mol. The van der Waals surface area contributed by atoms with Gasteiger partial charge in [0, 0.05) is 16.5 Å². The fourth-order valence-electron chi connectivity index (χ4n) is 2.06. The highest BCUT2D eigenvalue weighted by atomic mass is 79.9. The molecule has 0 saturated heterocycles. The van der Waals surface area contributed by atoms with E-state index in [-0.39, 0.29) is 18.2 Å². The van der Waals surface area contributed by atoms with Crippen LogP contribution >= 0.6 is 15.9 Å². The molecular formula is C14H16BrNO3. The molecule has 0 heterocycles. The van der Waals surface area contributed by atoms with Crippen molar-refractivity contribution in [1.29, 1.82) is 0 Å². The van der Waals surface area contributed by atoms with E-state index in [4.69, 9.17) is 4.74 Å². The van der Waals surface area contributed by atoms with Gasteiger partial charge in [-0.3, -0.25) is 4.79 Å². The van der Waals surface area contributed by atoms with Crippen LogP contribution in [-0.2, 0) is 4.74 Å². The van der Waals surface area contributed by atoms with E-state index in [9.17, 15) is 9.59 Å². The quantitative estimate of drug-likeness (QED) is 0.858. The van der Waals surface area contributed by atoms with Crippen LogP contribution in [0, 0.1) is 0 Å². The van der Waals surface area contributed by atoms with Gasteiger partial charge in [-0.2, -0.15) is 0 Å². The number of fused-ring (bicyclic) bond motifs is 1. The summed E-state index contributed by atoms with van der Waals surface area (Å²) in [5.41, 5.74) is 0.962. The first-order chi connectivity index (χ1) is 8.76. The summed E-state index contributed by atoms with van der Waals surface area (Å²) in [5, 5.41) is 2.74. The molecule has 1 aromatic carbocycles. The average Bonchev–Trinajstić information content (AvgIpc) is 2.52. The summed E-state index contributed by atoms with van der Waals surface area (Å²) < 4.78 is 6.06. The SMILES string of the molecule is CC(C)(C)OC(=O)NC1CC(=O)c2cc(Br)ccc21. The molecule has 0 aromatic heterocycles. The third-order valence-electron chi connectivity index (χ3n) is 2.77. The number of benzene rings is 1. The van der Waals surface area contributed by atoms with Crippen molar-refractivity contribution in [3.63, 3.8) is 0 Å². The normalized spacial score (nSPS) is 18.1. The summed E-state index contributed by atoms with van der Waals surface area (Å²) in [6.45, 7) is 5.41. The Balaban J connectivity index is 2.13. The standard InChI is InChI=1S/C14H16BrNO3/c1-14(2,3)19-13(18)16-11-7-12(17)10-6-8(15)4-5-9(10)11/h4-6,11H,7H2,1-3H3,(H,16,18). The number of hydrogen-bond acceptors (Lipinski definition) is 3. The molecule has 1 amide bonds. The number of alkyl carbamates (subject to hydrolysis) is 1. The Bertz CT molecular complexity index is 534. The molecule has 19 heavy (non-hydrogen) atoms. The molecule has 0 aliphatic heterocycles. The highest BCUT2D eigenvalue weighted by molar-refractivity contribution is 9.10. The van der Waals surface area contributed by atoms with Crippen molar-refractivity contribution in [3.8, 4) is 0 Å². The van der Waals surface area contributed by atoms with Gasteiger partial charge in [-0.1, -0.05) is 22.0 Å². The van der Waals surface area contributed by atoms with Crippen LogP contribution in [0.5, 0.6) is 0 Å². The molecule has 2 rings (SSSR count). The van der Waals surface area contributed by atoms with Crippen LogP contribution in [0.25, 0.3) is 0 Å². The Morgan fingerprint density at radius 2 is 2.11 bits per heavy atom. The smallest absolute Gasteiger partial charge is 0.408 e. The van der Waals surface area contributed by atoms with E-state index in [1.54, 1.807) is 26.8 Å². The maximum Gasteiger partial charge on any atom is 0.408 e. The van der Waals surface area contributed by atoms with Gasteiger partial charge in [0.05, 0.1) is 6.04 Å². The van der Waals surface area contributed by atoms with Crippen LogP contribution in [0.2, 0.25) is 0 Å². The summed E-state index contributed by atoms with van der Waals surface area (Å²) in [6.07, 6.45) is -0.216. The van der Waals surface area contributed by atoms with Crippen molar-refractivity contribution in [3.05, 3.63) is 33.8 Å². The van der Waals surface area contributed by atoms with Crippen molar-refractivity contribution in [2.75, 3.05) is 0 Å². The minimum absolute atomic E-state index is 0.0392. The molecule has 1 aromatic rings. The Kier molecular flexibility index (Phi) is 3.67. The molecule has 1 N–H and O–H groups in total.